The summed E-state index contributed by atoms with van der Waals surface area (Å²) in [7, 11) is 1.57. The van der Waals surface area contributed by atoms with Crippen molar-refractivity contribution in [3.05, 3.63) is 0 Å². The minimum absolute atomic E-state index is 0.00737. The number of methoxy groups -OCH3 is 1. The maximum Gasteiger partial charge on any atom is 0.230 e. The summed E-state index contributed by atoms with van der Waals surface area (Å²) in [6.07, 6.45) is 0.367. The molecule has 1 fully saturated rings. The Morgan fingerprint density at radius 1 is 1.09 bits per heavy atom. The summed E-state index contributed by atoms with van der Waals surface area (Å²) in [4.78, 5) is 46.9. The summed E-state index contributed by atoms with van der Waals surface area (Å²) in [6, 6.07) is 0. The van der Waals surface area contributed by atoms with E-state index >= 15 is 0 Å². The van der Waals surface area contributed by atoms with E-state index in [1.54, 1.807) is 7.11 Å². The van der Waals surface area contributed by atoms with E-state index in [1.807, 2.05) is 0 Å². The number of hydrogen-bond donors (Lipinski definition) is 1. The summed E-state index contributed by atoms with van der Waals surface area (Å²) in [5, 5.41) is 2.62. The van der Waals surface area contributed by atoms with Crippen LogP contribution in [0.2, 0.25) is 0 Å². The minimum atomic E-state index is -0.323. The number of ketones is 1. The lowest BCUT2D eigenvalue weighted by Gasteiger charge is -2.12. The topological polar surface area (TPSA) is 102 Å². The molecular formula is C14H22N2O6. The van der Waals surface area contributed by atoms with E-state index in [4.69, 9.17) is 9.47 Å². The lowest BCUT2D eigenvalue weighted by molar-refractivity contribution is -0.141. The van der Waals surface area contributed by atoms with Crippen LogP contribution in [-0.4, -0.2) is 68.4 Å². The first kappa shape index (κ1) is 18.2. The highest BCUT2D eigenvalue weighted by molar-refractivity contribution is 6.04. The van der Waals surface area contributed by atoms with Crippen molar-refractivity contribution in [3.63, 3.8) is 0 Å². The standard InChI is InChI=1S/C14H22N2O6/c1-21-8-9-22-7-6-15-12(18)3-2-11(17)10-16-13(19)4-5-14(16)20/h2-10H2,1H3,(H,15,18). The fourth-order valence-corrected chi connectivity index (χ4v) is 1.90. The van der Waals surface area contributed by atoms with Crippen LogP contribution in [0.5, 0.6) is 0 Å². The van der Waals surface area contributed by atoms with E-state index in [9.17, 15) is 19.2 Å². The number of likely N-dealkylation sites (tertiary alicyclic amines) is 1. The van der Waals surface area contributed by atoms with E-state index < -0.39 is 0 Å². The quantitative estimate of drug-likeness (QED) is 0.398. The summed E-state index contributed by atoms with van der Waals surface area (Å²) < 4.78 is 9.98. The number of nitrogens with one attached hydrogen (secondary N) is 1. The zero-order valence-electron chi connectivity index (χ0n) is 12.8. The molecule has 1 aliphatic rings. The fourth-order valence-electron chi connectivity index (χ4n) is 1.90. The van der Waals surface area contributed by atoms with E-state index in [1.165, 1.54) is 0 Å². The van der Waals surface area contributed by atoms with Gasteiger partial charge in [-0.05, 0) is 0 Å². The van der Waals surface area contributed by atoms with Crippen LogP contribution in [0.3, 0.4) is 0 Å². The highest BCUT2D eigenvalue weighted by Crippen LogP contribution is 2.11. The molecule has 124 valence electrons. The molecule has 0 aromatic carbocycles. The minimum Gasteiger partial charge on any atom is -0.382 e. The highest BCUT2D eigenvalue weighted by Gasteiger charge is 2.30. The normalized spacial score (nSPS) is 14.5. The predicted octanol–water partition coefficient (Wildman–Crippen LogP) is -0.736. The van der Waals surface area contributed by atoms with Gasteiger partial charge in [-0.1, -0.05) is 0 Å². The summed E-state index contributed by atoms with van der Waals surface area (Å²) in [5.74, 6) is -1.20. The van der Waals surface area contributed by atoms with Gasteiger partial charge in [0.2, 0.25) is 17.7 Å². The third-order valence-corrected chi connectivity index (χ3v) is 3.12. The Labute approximate surface area is 129 Å². The number of hydrogen-bond acceptors (Lipinski definition) is 6. The van der Waals surface area contributed by atoms with Gasteiger partial charge < -0.3 is 14.8 Å². The lowest BCUT2D eigenvalue weighted by atomic mass is 10.2. The molecule has 0 radical (unpaired) electrons. The Balaban J connectivity index is 2.09. The van der Waals surface area contributed by atoms with Gasteiger partial charge in [-0.2, -0.15) is 0 Å². The molecule has 1 N–H and O–H groups in total. The molecule has 0 saturated carbocycles. The molecule has 0 atom stereocenters. The Hall–Kier alpha value is -1.80. The average molecular weight is 314 g/mol. The first-order valence-corrected chi connectivity index (χ1v) is 7.23. The van der Waals surface area contributed by atoms with Gasteiger partial charge in [-0.3, -0.25) is 24.1 Å². The summed E-state index contributed by atoms with van der Waals surface area (Å²) in [5.41, 5.74) is 0. The van der Waals surface area contributed by atoms with Crippen molar-refractivity contribution in [2.24, 2.45) is 0 Å². The van der Waals surface area contributed by atoms with Gasteiger partial charge in [0.1, 0.15) is 0 Å². The van der Waals surface area contributed by atoms with Crippen molar-refractivity contribution in [2.45, 2.75) is 25.7 Å². The molecule has 0 spiro atoms. The van der Waals surface area contributed by atoms with Crippen molar-refractivity contribution in [1.82, 2.24) is 10.2 Å². The Morgan fingerprint density at radius 3 is 2.41 bits per heavy atom. The van der Waals surface area contributed by atoms with Gasteiger partial charge in [0, 0.05) is 39.3 Å². The second-order valence-corrected chi connectivity index (χ2v) is 4.87. The van der Waals surface area contributed by atoms with Crippen LogP contribution in [0.1, 0.15) is 25.7 Å². The van der Waals surface area contributed by atoms with Crippen LogP contribution in [0.4, 0.5) is 0 Å². The molecule has 0 aliphatic carbocycles. The molecule has 0 bridgehead atoms. The first-order chi connectivity index (χ1) is 10.5. The fraction of sp³-hybridized carbons (Fsp3) is 0.714. The molecule has 1 saturated heterocycles. The van der Waals surface area contributed by atoms with Crippen molar-refractivity contribution < 1.29 is 28.7 Å². The highest BCUT2D eigenvalue weighted by atomic mass is 16.5. The molecule has 0 unspecified atom stereocenters. The SMILES string of the molecule is COCCOCCNC(=O)CCC(=O)CN1C(=O)CCC1=O. The van der Waals surface area contributed by atoms with E-state index in [-0.39, 0.29) is 55.7 Å². The summed E-state index contributed by atoms with van der Waals surface area (Å²) in [6.45, 7) is 1.46. The third-order valence-electron chi connectivity index (χ3n) is 3.12. The van der Waals surface area contributed by atoms with E-state index in [0.717, 1.165) is 4.90 Å². The molecule has 22 heavy (non-hydrogen) atoms. The number of imide groups is 1. The van der Waals surface area contributed by atoms with Crippen molar-refractivity contribution in [3.8, 4) is 0 Å². The van der Waals surface area contributed by atoms with Gasteiger partial charge in [0.15, 0.2) is 5.78 Å². The zero-order valence-corrected chi connectivity index (χ0v) is 12.8. The van der Waals surface area contributed by atoms with Gasteiger partial charge in [-0.25, -0.2) is 0 Å². The molecule has 1 heterocycles. The van der Waals surface area contributed by atoms with Crippen LogP contribution in [-0.2, 0) is 28.7 Å². The van der Waals surface area contributed by atoms with Crippen molar-refractivity contribution in [2.75, 3.05) is 40.0 Å². The monoisotopic (exact) mass is 314 g/mol. The van der Waals surface area contributed by atoms with Crippen LogP contribution >= 0.6 is 0 Å². The van der Waals surface area contributed by atoms with Crippen LogP contribution in [0.15, 0.2) is 0 Å². The largest absolute Gasteiger partial charge is 0.382 e. The summed E-state index contributed by atoms with van der Waals surface area (Å²) >= 11 is 0. The molecule has 3 amide bonds. The van der Waals surface area contributed by atoms with Crippen LogP contribution in [0.25, 0.3) is 0 Å². The molecule has 0 aromatic rings. The number of carbonyl (C=O) groups is 4. The molecule has 8 heteroatoms. The van der Waals surface area contributed by atoms with Crippen molar-refractivity contribution >= 4 is 23.5 Å². The van der Waals surface area contributed by atoms with Crippen LogP contribution < -0.4 is 5.32 Å². The van der Waals surface area contributed by atoms with E-state index in [2.05, 4.69) is 5.32 Å². The lowest BCUT2D eigenvalue weighted by Crippen LogP contribution is -2.35. The van der Waals surface area contributed by atoms with Gasteiger partial charge in [0.05, 0.1) is 26.4 Å². The van der Waals surface area contributed by atoms with Gasteiger partial charge in [0.25, 0.3) is 0 Å². The first-order valence-electron chi connectivity index (χ1n) is 7.23. The third kappa shape index (κ3) is 6.77. The Morgan fingerprint density at radius 2 is 1.77 bits per heavy atom. The maximum absolute atomic E-state index is 11.7. The smallest absolute Gasteiger partial charge is 0.230 e. The Kier molecular flexibility index (Phi) is 8.31. The molecule has 0 aromatic heterocycles. The molecule has 1 rings (SSSR count). The molecule has 1 aliphatic heterocycles. The van der Waals surface area contributed by atoms with Gasteiger partial charge >= 0.3 is 0 Å². The average Bonchev–Trinajstić information content (AvgIpc) is 2.80. The zero-order chi connectivity index (χ0) is 16.4. The van der Waals surface area contributed by atoms with Gasteiger partial charge in [-0.15, -0.1) is 0 Å². The number of amides is 3. The number of nitrogens with zero attached hydrogens (tertiary/aromatic N) is 1. The van der Waals surface area contributed by atoms with Crippen LogP contribution in [0, 0.1) is 0 Å². The second-order valence-electron chi connectivity index (χ2n) is 4.87. The second kappa shape index (κ2) is 10.0. The molecule has 8 nitrogen and oxygen atoms in total. The molecular weight excluding hydrogens is 292 g/mol. The Bertz CT molecular complexity index is 408. The number of Topliss-reactive ketones (excluding diaryl/α,β-unsaturated/α-hetero) is 1. The number of rotatable bonds is 11. The number of ether oxygens (including phenoxy) is 2. The van der Waals surface area contributed by atoms with Crippen molar-refractivity contribution in [1.29, 1.82) is 0 Å². The van der Waals surface area contributed by atoms with E-state index in [0.29, 0.717) is 26.4 Å². The predicted molar refractivity (Wildman–Crippen MR) is 75.9 cm³/mol. The maximum atomic E-state index is 11.7. The number of carbonyl (C=O) groups excluding carboxylic acids is 4.